The second-order valence-corrected chi connectivity index (χ2v) is 7.31. The fourth-order valence-corrected chi connectivity index (χ4v) is 3.55. The Morgan fingerprint density at radius 3 is 2.54 bits per heavy atom. The summed E-state index contributed by atoms with van der Waals surface area (Å²) in [5.41, 5.74) is 1.10. The normalized spacial score (nSPS) is 17.0. The van der Waals surface area contributed by atoms with Crippen LogP contribution in [0.1, 0.15) is 19.4 Å². The molecule has 6 nitrogen and oxygen atoms in total. The lowest BCUT2D eigenvalue weighted by molar-refractivity contribution is 0.107. The standard InChI is InChI=1S/C20H34ClN5O.HI/c1-5-25-10-12-26(13-11-25)16(2)15-24-20(22-3)23-9-8-17-6-7-18(27-4)14-19(17)21;/h6-7,14,16H,5,8-13,15H2,1-4H3,(H2,22,23,24);1H. The van der Waals surface area contributed by atoms with Gasteiger partial charge in [0.15, 0.2) is 5.96 Å². The summed E-state index contributed by atoms with van der Waals surface area (Å²) in [5.74, 6) is 1.61. The summed E-state index contributed by atoms with van der Waals surface area (Å²) in [6.45, 7) is 11.9. The monoisotopic (exact) mass is 523 g/mol. The number of piperazine rings is 1. The smallest absolute Gasteiger partial charge is 0.191 e. The molecule has 28 heavy (non-hydrogen) atoms. The van der Waals surface area contributed by atoms with Crippen molar-refractivity contribution >= 4 is 41.5 Å². The van der Waals surface area contributed by atoms with Crippen LogP contribution in [0.15, 0.2) is 23.2 Å². The lowest BCUT2D eigenvalue weighted by atomic mass is 10.1. The summed E-state index contributed by atoms with van der Waals surface area (Å²) in [6, 6.07) is 6.29. The molecule has 0 saturated carbocycles. The van der Waals surface area contributed by atoms with Crippen LogP contribution in [0, 0.1) is 0 Å². The zero-order chi connectivity index (χ0) is 19.6. The molecule has 1 saturated heterocycles. The number of hydrogen-bond acceptors (Lipinski definition) is 4. The molecule has 0 radical (unpaired) electrons. The second-order valence-electron chi connectivity index (χ2n) is 6.91. The first-order valence-electron chi connectivity index (χ1n) is 9.80. The molecule has 1 atom stereocenters. The average molecular weight is 524 g/mol. The minimum Gasteiger partial charge on any atom is -0.497 e. The van der Waals surface area contributed by atoms with Crippen LogP contribution in [-0.4, -0.2) is 81.8 Å². The van der Waals surface area contributed by atoms with E-state index < -0.39 is 0 Å². The topological polar surface area (TPSA) is 52.1 Å². The molecule has 1 aliphatic rings. The number of methoxy groups -OCH3 is 1. The third-order valence-electron chi connectivity index (χ3n) is 5.21. The molecule has 0 spiro atoms. The number of hydrogen-bond donors (Lipinski definition) is 2. The summed E-state index contributed by atoms with van der Waals surface area (Å²) >= 11 is 6.30. The number of halogens is 2. The van der Waals surface area contributed by atoms with Gasteiger partial charge in [0.1, 0.15) is 5.75 Å². The van der Waals surface area contributed by atoms with Gasteiger partial charge in [0, 0.05) is 57.4 Å². The summed E-state index contributed by atoms with van der Waals surface area (Å²) in [6.07, 6.45) is 0.831. The Morgan fingerprint density at radius 1 is 1.25 bits per heavy atom. The lowest BCUT2D eigenvalue weighted by Gasteiger charge is -2.37. The van der Waals surface area contributed by atoms with Crippen LogP contribution < -0.4 is 15.4 Å². The first kappa shape index (κ1) is 25.3. The van der Waals surface area contributed by atoms with E-state index >= 15 is 0 Å². The highest BCUT2D eigenvalue weighted by atomic mass is 127. The molecule has 0 aliphatic carbocycles. The van der Waals surface area contributed by atoms with Gasteiger partial charge in [0.25, 0.3) is 0 Å². The van der Waals surface area contributed by atoms with Crippen molar-refractivity contribution in [3.63, 3.8) is 0 Å². The highest BCUT2D eigenvalue weighted by Crippen LogP contribution is 2.22. The summed E-state index contributed by atoms with van der Waals surface area (Å²) in [5, 5.41) is 7.55. The number of aliphatic imine (C=N–C) groups is 1. The van der Waals surface area contributed by atoms with Crippen LogP contribution in [0.4, 0.5) is 0 Å². The Kier molecular flexibility index (Phi) is 12.1. The van der Waals surface area contributed by atoms with E-state index in [4.69, 9.17) is 16.3 Å². The highest BCUT2D eigenvalue weighted by molar-refractivity contribution is 14.0. The molecular formula is C20H35ClIN5O. The van der Waals surface area contributed by atoms with E-state index in [9.17, 15) is 0 Å². The SMILES string of the molecule is CCN1CCN(C(C)CNC(=NC)NCCc2ccc(OC)cc2Cl)CC1.I. The van der Waals surface area contributed by atoms with Gasteiger partial charge in [-0.3, -0.25) is 9.89 Å². The van der Waals surface area contributed by atoms with Gasteiger partial charge in [0.2, 0.25) is 0 Å². The van der Waals surface area contributed by atoms with Gasteiger partial charge in [-0.1, -0.05) is 24.6 Å². The largest absolute Gasteiger partial charge is 0.497 e. The first-order valence-corrected chi connectivity index (χ1v) is 10.2. The van der Waals surface area contributed by atoms with Crippen LogP contribution in [0.5, 0.6) is 5.75 Å². The lowest BCUT2D eigenvalue weighted by Crippen LogP contribution is -2.53. The zero-order valence-electron chi connectivity index (χ0n) is 17.5. The minimum atomic E-state index is 0. The van der Waals surface area contributed by atoms with Crippen LogP contribution >= 0.6 is 35.6 Å². The molecule has 1 fully saturated rings. The average Bonchev–Trinajstić information content (AvgIpc) is 2.71. The molecule has 0 aromatic heterocycles. The molecule has 1 aliphatic heterocycles. The number of benzene rings is 1. The van der Waals surface area contributed by atoms with E-state index in [-0.39, 0.29) is 24.0 Å². The van der Waals surface area contributed by atoms with Gasteiger partial charge in [-0.25, -0.2) is 0 Å². The van der Waals surface area contributed by atoms with E-state index in [1.807, 2.05) is 18.2 Å². The van der Waals surface area contributed by atoms with Gasteiger partial charge < -0.3 is 20.3 Å². The minimum absolute atomic E-state index is 0. The molecule has 0 amide bonds. The quantitative estimate of drug-likeness (QED) is 0.312. The molecule has 2 N–H and O–H groups in total. The van der Waals surface area contributed by atoms with Crippen LogP contribution in [-0.2, 0) is 6.42 Å². The molecule has 1 unspecified atom stereocenters. The highest BCUT2D eigenvalue weighted by Gasteiger charge is 2.20. The molecule has 1 heterocycles. The molecule has 0 bridgehead atoms. The van der Waals surface area contributed by atoms with E-state index in [1.165, 1.54) is 0 Å². The Labute approximate surface area is 192 Å². The zero-order valence-corrected chi connectivity index (χ0v) is 20.6. The van der Waals surface area contributed by atoms with Gasteiger partial charge in [0.05, 0.1) is 7.11 Å². The maximum absolute atomic E-state index is 6.30. The van der Waals surface area contributed by atoms with Crippen molar-refractivity contribution in [3.8, 4) is 5.75 Å². The maximum atomic E-state index is 6.30. The second kappa shape index (κ2) is 13.5. The Bertz CT molecular complexity index is 608. The van der Waals surface area contributed by atoms with E-state index in [0.29, 0.717) is 6.04 Å². The van der Waals surface area contributed by atoms with Gasteiger partial charge in [-0.15, -0.1) is 24.0 Å². The van der Waals surface area contributed by atoms with Crippen LogP contribution in [0.25, 0.3) is 0 Å². The van der Waals surface area contributed by atoms with Crippen molar-refractivity contribution in [1.82, 2.24) is 20.4 Å². The fraction of sp³-hybridized carbons (Fsp3) is 0.650. The van der Waals surface area contributed by atoms with E-state index in [0.717, 1.165) is 74.5 Å². The van der Waals surface area contributed by atoms with Crippen LogP contribution in [0.2, 0.25) is 5.02 Å². The third-order valence-corrected chi connectivity index (χ3v) is 5.56. The Hall–Kier alpha value is -0.770. The number of nitrogens with zero attached hydrogens (tertiary/aromatic N) is 3. The molecule has 1 aromatic carbocycles. The number of ether oxygens (including phenoxy) is 1. The molecule has 160 valence electrons. The Morgan fingerprint density at radius 2 is 1.96 bits per heavy atom. The molecular weight excluding hydrogens is 489 g/mol. The Balaban J connectivity index is 0.00000392. The molecule has 8 heteroatoms. The summed E-state index contributed by atoms with van der Waals surface area (Å²) in [4.78, 5) is 9.37. The van der Waals surface area contributed by atoms with Gasteiger partial charge in [-0.05, 0) is 37.6 Å². The first-order chi connectivity index (χ1) is 13.1. The number of nitrogens with one attached hydrogen (secondary N) is 2. The van der Waals surface area contributed by atoms with Crippen molar-refractivity contribution in [3.05, 3.63) is 28.8 Å². The van der Waals surface area contributed by atoms with E-state index in [2.05, 4.69) is 39.3 Å². The van der Waals surface area contributed by atoms with E-state index in [1.54, 1.807) is 14.2 Å². The fourth-order valence-electron chi connectivity index (χ4n) is 3.29. The van der Waals surface area contributed by atoms with Crippen molar-refractivity contribution in [2.75, 3.05) is 60.0 Å². The number of guanidine groups is 1. The predicted molar refractivity (Wildman–Crippen MR) is 130 cm³/mol. The number of likely N-dealkylation sites (N-methyl/N-ethyl adjacent to an activating group) is 1. The van der Waals surface area contributed by atoms with Gasteiger partial charge in [-0.2, -0.15) is 0 Å². The number of rotatable bonds is 8. The summed E-state index contributed by atoms with van der Waals surface area (Å²) in [7, 11) is 3.45. The summed E-state index contributed by atoms with van der Waals surface area (Å²) < 4.78 is 5.19. The van der Waals surface area contributed by atoms with Gasteiger partial charge >= 0.3 is 0 Å². The van der Waals surface area contributed by atoms with Crippen LogP contribution in [0.3, 0.4) is 0 Å². The van der Waals surface area contributed by atoms with Crippen molar-refractivity contribution in [1.29, 1.82) is 0 Å². The predicted octanol–water partition coefficient (Wildman–Crippen LogP) is 2.70. The van der Waals surface area contributed by atoms with Crippen molar-refractivity contribution in [2.45, 2.75) is 26.3 Å². The maximum Gasteiger partial charge on any atom is 0.191 e. The molecule has 1 aromatic rings. The third kappa shape index (κ3) is 7.93. The van der Waals surface area contributed by atoms with Crippen molar-refractivity contribution < 1.29 is 4.74 Å². The van der Waals surface area contributed by atoms with Crippen molar-refractivity contribution in [2.24, 2.45) is 4.99 Å². The molecule has 2 rings (SSSR count).